The van der Waals surface area contributed by atoms with E-state index in [9.17, 15) is 18.0 Å². The monoisotopic (exact) mass is 467 g/mol. The molecule has 1 aromatic heterocycles. The fourth-order valence-corrected chi connectivity index (χ4v) is 4.96. The van der Waals surface area contributed by atoms with E-state index in [-0.39, 0.29) is 28.3 Å². The molecule has 1 saturated carbocycles. The second-order valence-corrected chi connectivity index (χ2v) is 10.4. The molecule has 3 N–H and O–H groups in total. The fourth-order valence-electron chi connectivity index (χ4n) is 4.40. The maximum absolute atomic E-state index is 12.5. The molecule has 9 nitrogen and oxygen atoms in total. The van der Waals surface area contributed by atoms with Gasteiger partial charge in [0.15, 0.2) is 5.82 Å². The Bertz CT molecular complexity index is 1360. The molecule has 5 rings (SSSR count). The number of benzene rings is 2. The second-order valence-electron chi connectivity index (χ2n) is 8.83. The summed E-state index contributed by atoms with van der Waals surface area (Å²) in [7, 11) is -3.79. The minimum atomic E-state index is -3.79. The number of nitrogens with two attached hydrogens (primary N) is 1. The van der Waals surface area contributed by atoms with E-state index in [1.54, 1.807) is 10.6 Å². The molecule has 10 heteroatoms. The van der Waals surface area contributed by atoms with Gasteiger partial charge in [-0.2, -0.15) is 5.10 Å². The normalized spacial score (nSPS) is 18.6. The Morgan fingerprint density at radius 2 is 1.79 bits per heavy atom. The third-order valence-electron chi connectivity index (χ3n) is 6.36. The zero-order valence-corrected chi connectivity index (χ0v) is 18.8. The smallest absolute Gasteiger partial charge is 0.342 e. The van der Waals surface area contributed by atoms with Crippen LogP contribution in [0.25, 0.3) is 22.5 Å². The van der Waals surface area contributed by atoms with Crippen LogP contribution in [0, 0.1) is 11.8 Å². The molecule has 2 fully saturated rings. The van der Waals surface area contributed by atoms with E-state index < -0.39 is 10.0 Å². The van der Waals surface area contributed by atoms with Crippen LogP contribution in [0.1, 0.15) is 19.3 Å². The van der Waals surface area contributed by atoms with Crippen molar-refractivity contribution in [2.24, 2.45) is 17.0 Å². The number of amides is 1. The summed E-state index contributed by atoms with van der Waals surface area (Å²) in [6.45, 7) is 1.91. The number of aromatic nitrogens is 3. The molecule has 2 aliphatic rings. The van der Waals surface area contributed by atoms with Crippen LogP contribution in [0.4, 0.5) is 0 Å². The van der Waals surface area contributed by atoms with Crippen molar-refractivity contribution >= 4 is 15.9 Å². The summed E-state index contributed by atoms with van der Waals surface area (Å²) >= 11 is 0. The van der Waals surface area contributed by atoms with Crippen LogP contribution in [-0.2, 0) is 21.4 Å². The van der Waals surface area contributed by atoms with Crippen molar-refractivity contribution in [3.05, 3.63) is 59.0 Å². The third-order valence-corrected chi connectivity index (χ3v) is 7.27. The summed E-state index contributed by atoms with van der Waals surface area (Å²) in [4.78, 5) is 26.8. The van der Waals surface area contributed by atoms with Gasteiger partial charge in [-0.05, 0) is 48.4 Å². The maximum Gasteiger partial charge on any atom is 0.343 e. The number of nitrogens with zero attached hydrogens (tertiary/aromatic N) is 3. The number of carbonyl (C=O) groups is 1. The Morgan fingerprint density at radius 1 is 1.06 bits per heavy atom. The Morgan fingerprint density at radius 3 is 2.48 bits per heavy atom. The number of hydrogen-bond acceptors (Lipinski definition) is 5. The molecule has 3 aromatic rings. The van der Waals surface area contributed by atoms with Gasteiger partial charge >= 0.3 is 5.69 Å². The molecule has 0 bridgehead atoms. The van der Waals surface area contributed by atoms with Crippen LogP contribution in [0.3, 0.4) is 0 Å². The highest BCUT2D eigenvalue weighted by Gasteiger charge is 2.36. The van der Waals surface area contributed by atoms with Crippen LogP contribution in [-0.4, -0.2) is 47.1 Å². The first-order valence-corrected chi connectivity index (χ1v) is 12.5. The van der Waals surface area contributed by atoms with Gasteiger partial charge in [-0.25, -0.2) is 23.4 Å². The Hall–Kier alpha value is -3.24. The number of sulfonamides is 1. The van der Waals surface area contributed by atoms with E-state index in [1.165, 1.54) is 12.1 Å². The fraction of sp³-hybridized carbons (Fsp3) is 0.348. The summed E-state index contributed by atoms with van der Waals surface area (Å²) in [5, 5.41) is 12.0. The number of carbonyl (C=O) groups excluding carboxylic acids is 1. The van der Waals surface area contributed by atoms with Crippen molar-refractivity contribution in [2.45, 2.75) is 30.7 Å². The van der Waals surface area contributed by atoms with Gasteiger partial charge in [-0.1, -0.05) is 36.4 Å². The summed E-state index contributed by atoms with van der Waals surface area (Å²) in [5.74, 6) is 1.21. The van der Waals surface area contributed by atoms with E-state index in [1.807, 2.05) is 35.2 Å². The van der Waals surface area contributed by atoms with Crippen LogP contribution >= 0.6 is 0 Å². The SMILES string of the molecule is NS(=O)(=O)c1cccc(-c2ccc(-c3n[nH]c(=O)n3C[C@@H]3CCN(C(=O)C4CC4)C3)cc2)c1. The largest absolute Gasteiger partial charge is 0.343 e. The number of nitrogens with one attached hydrogen (secondary N) is 1. The predicted octanol–water partition coefficient (Wildman–Crippen LogP) is 1.81. The number of aromatic amines is 1. The van der Waals surface area contributed by atoms with E-state index in [0.717, 1.165) is 42.5 Å². The van der Waals surface area contributed by atoms with Gasteiger partial charge in [0.1, 0.15) is 0 Å². The molecule has 1 saturated heterocycles. The van der Waals surface area contributed by atoms with Gasteiger partial charge in [0.2, 0.25) is 15.9 Å². The van der Waals surface area contributed by atoms with E-state index in [0.29, 0.717) is 18.9 Å². The minimum Gasteiger partial charge on any atom is -0.342 e. The highest BCUT2D eigenvalue weighted by atomic mass is 32.2. The lowest BCUT2D eigenvalue weighted by atomic mass is 10.0. The quantitative estimate of drug-likeness (QED) is 0.571. The van der Waals surface area contributed by atoms with Crippen LogP contribution in [0.15, 0.2) is 58.2 Å². The number of H-pyrrole nitrogens is 1. The van der Waals surface area contributed by atoms with Crippen molar-refractivity contribution in [2.75, 3.05) is 13.1 Å². The zero-order chi connectivity index (χ0) is 23.2. The van der Waals surface area contributed by atoms with Crippen molar-refractivity contribution in [1.29, 1.82) is 0 Å². The molecule has 1 atom stereocenters. The Kier molecular flexibility index (Phi) is 5.41. The molecule has 33 heavy (non-hydrogen) atoms. The molecule has 0 unspecified atom stereocenters. The van der Waals surface area contributed by atoms with Crippen LogP contribution < -0.4 is 10.8 Å². The molecule has 2 heterocycles. The van der Waals surface area contributed by atoms with Gasteiger partial charge in [-0.15, -0.1) is 0 Å². The van der Waals surface area contributed by atoms with Crippen molar-refractivity contribution in [3.8, 4) is 22.5 Å². The first kappa shape index (κ1) is 21.6. The number of primary sulfonamides is 1. The van der Waals surface area contributed by atoms with Crippen molar-refractivity contribution < 1.29 is 13.2 Å². The van der Waals surface area contributed by atoms with Gasteiger partial charge in [-0.3, -0.25) is 9.36 Å². The molecule has 1 aliphatic heterocycles. The molecule has 1 amide bonds. The minimum absolute atomic E-state index is 0.0518. The van der Waals surface area contributed by atoms with Crippen LogP contribution in [0.2, 0.25) is 0 Å². The average Bonchev–Trinajstić information content (AvgIpc) is 3.45. The standard InChI is InChI=1S/C23H25N5O4S/c24-33(31,32)20-3-1-2-19(12-20)16-4-6-17(7-5-16)21-25-26-23(30)28(21)14-15-10-11-27(13-15)22(29)18-8-9-18/h1-7,12,15,18H,8-11,13-14H2,(H,26,30)(H2,24,31,32)/t15-/m1/s1. The number of likely N-dealkylation sites (tertiary alicyclic amines) is 1. The molecule has 0 spiro atoms. The summed E-state index contributed by atoms with van der Waals surface area (Å²) in [6, 6.07) is 13.8. The first-order valence-electron chi connectivity index (χ1n) is 11.0. The summed E-state index contributed by atoms with van der Waals surface area (Å²) in [5.41, 5.74) is 2.03. The van der Waals surface area contributed by atoms with E-state index in [4.69, 9.17) is 5.14 Å². The number of hydrogen-bond donors (Lipinski definition) is 2. The van der Waals surface area contributed by atoms with Gasteiger partial charge in [0.25, 0.3) is 0 Å². The summed E-state index contributed by atoms with van der Waals surface area (Å²) < 4.78 is 24.9. The topological polar surface area (TPSA) is 131 Å². The van der Waals surface area contributed by atoms with Gasteiger partial charge in [0, 0.05) is 31.1 Å². The summed E-state index contributed by atoms with van der Waals surface area (Å²) in [6.07, 6.45) is 2.86. The number of rotatable bonds is 6. The van der Waals surface area contributed by atoms with Crippen molar-refractivity contribution in [1.82, 2.24) is 19.7 Å². The zero-order valence-electron chi connectivity index (χ0n) is 18.0. The second kappa shape index (κ2) is 8.27. The predicted molar refractivity (Wildman–Crippen MR) is 123 cm³/mol. The van der Waals surface area contributed by atoms with Crippen LogP contribution in [0.5, 0.6) is 0 Å². The van der Waals surface area contributed by atoms with Gasteiger partial charge < -0.3 is 4.90 Å². The highest BCUT2D eigenvalue weighted by Crippen LogP contribution is 2.33. The molecule has 1 aliphatic carbocycles. The Labute approximate surface area is 191 Å². The first-order chi connectivity index (χ1) is 15.8. The van der Waals surface area contributed by atoms with Gasteiger partial charge in [0.05, 0.1) is 4.90 Å². The van der Waals surface area contributed by atoms with E-state index >= 15 is 0 Å². The Balaban J connectivity index is 1.35. The lowest BCUT2D eigenvalue weighted by Gasteiger charge is -2.16. The molecule has 0 radical (unpaired) electrons. The average molecular weight is 468 g/mol. The lowest BCUT2D eigenvalue weighted by molar-refractivity contribution is -0.131. The van der Waals surface area contributed by atoms with E-state index in [2.05, 4.69) is 10.2 Å². The maximum atomic E-state index is 12.5. The third kappa shape index (κ3) is 4.49. The van der Waals surface area contributed by atoms with Crippen molar-refractivity contribution in [3.63, 3.8) is 0 Å². The lowest BCUT2D eigenvalue weighted by Crippen LogP contribution is -2.31. The molecule has 2 aromatic carbocycles. The molecular formula is C23H25N5O4S. The molecular weight excluding hydrogens is 442 g/mol. The molecule has 172 valence electrons. The highest BCUT2D eigenvalue weighted by molar-refractivity contribution is 7.89.